The molecule has 0 saturated carbocycles. The first-order valence-electron chi connectivity index (χ1n) is 9.12. The molecular formula is C21H24N4O3. The summed E-state index contributed by atoms with van der Waals surface area (Å²) in [4.78, 5) is 29.2. The van der Waals surface area contributed by atoms with Gasteiger partial charge in [-0.1, -0.05) is 24.3 Å². The summed E-state index contributed by atoms with van der Waals surface area (Å²) in [5.74, 6) is -1.58. The van der Waals surface area contributed by atoms with Crippen molar-refractivity contribution in [3.8, 4) is 11.3 Å². The Morgan fingerprint density at radius 3 is 2.50 bits per heavy atom. The van der Waals surface area contributed by atoms with Gasteiger partial charge in [0, 0.05) is 11.6 Å². The predicted molar refractivity (Wildman–Crippen MR) is 107 cm³/mol. The van der Waals surface area contributed by atoms with E-state index in [2.05, 4.69) is 10.4 Å². The number of aryl methyl sites for hydroxylation is 1. The molecule has 146 valence electrons. The third-order valence-corrected chi connectivity index (χ3v) is 4.68. The van der Waals surface area contributed by atoms with Crippen molar-refractivity contribution in [2.24, 2.45) is 0 Å². The van der Waals surface area contributed by atoms with E-state index in [1.165, 1.54) is 13.8 Å². The Balaban J connectivity index is 2.22. The van der Waals surface area contributed by atoms with Gasteiger partial charge in [0.15, 0.2) is 5.65 Å². The van der Waals surface area contributed by atoms with Gasteiger partial charge in [0.05, 0.1) is 22.8 Å². The highest BCUT2D eigenvalue weighted by molar-refractivity contribution is 6.08. The molecular weight excluding hydrogens is 356 g/mol. The fourth-order valence-electron chi connectivity index (χ4n) is 2.99. The van der Waals surface area contributed by atoms with Gasteiger partial charge in [-0.3, -0.25) is 4.79 Å². The van der Waals surface area contributed by atoms with E-state index in [-0.39, 0.29) is 6.04 Å². The molecule has 2 aromatic heterocycles. The van der Waals surface area contributed by atoms with Crippen LogP contribution in [0.5, 0.6) is 0 Å². The highest BCUT2D eigenvalue weighted by Crippen LogP contribution is 2.28. The molecule has 0 aliphatic heterocycles. The standard InChI is InChI=1S/C21H24N4O3/c1-12(2)25-18-16(11-22-25)15(19(26)24-21(4,5)20(27)28)10-17(23-18)14-9-7-6-8-13(14)3/h6-12H,1-5H3,(H,24,26)(H,27,28). The number of fused-ring (bicyclic) bond motifs is 1. The summed E-state index contributed by atoms with van der Waals surface area (Å²) in [5.41, 5.74) is 2.13. The zero-order chi connectivity index (χ0) is 20.6. The molecule has 0 bridgehead atoms. The summed E-state index contributed by atoms with van der Waals surface area (Å²) in [6.07, 6.45) is 1.60. The Kier molecular flexibility index (Phi) is 4.93. The Hall–Kier alpha value is -3.22. The molecule has 28 heavy (non-hydrogen) atoms. The van der Waals surface area contributed by atoms with E-state index in [1.54, 1.807) is 16.9 Å². The second kappa shape index (κ2) is 7.07. The molecule has 1 amide bonds. The van der Waals surface area contributed by atoms with Gasteiger partial charge in [-0.2, -0.15) is 5.10 Å². The topological polar surface area (TPSA) is 97.1 Å². The maximum atomic E-state index is 13.0. The molecule has 7 nitrogen and oxygen atoms in total. The third-order valence-electron chi connectivity index (χ3n) is 4.68. The molecule has 0 spiro atoms. The number of aromatic nitrogens is 3. The van der Waals surface area contributed by atoms with Crippen LogP contribution in [0.2, 0.25) is 0 Å². The van der Waals surface area contributed by atoms with Crippen molar-refractivity contribution >= 4 is 22.9 Å². The van der Waals surface area contributed by atoms with Gasteiger partial charge < -0.3 is 10.4 Å². The van der Waals surface area contributed by atoms with E-state index < -0.39 is 17.4 Å². The van der Waals surface area contributed by atoms with Crippen molar-refractivity contribution in [2.75, 3.05) is 0 Å². The molecule has 1 aromatic carbocycles. The van der Waals surface area contributed by atoms with Crippen molar-refractivity contribution in [1.82, 2.24) is 20.1 Å². The Bertz CT molecular complexity index is 1070. The van der Waals surface area contributed by atoms with Crippen LogP contribution in [0.25, 0.3) is 22.3 Å². The molecule has 0 radical (unpaired) electrons. The number of benzene rings is 1. The first-order chi connectivity index (χ1) is 13.1. The van der Waals surface area contributed by atoms with Crippen LogP contribution in [-0.4, -0.2) is 37.3 Å². The third kappa shape index (κ3) is 3.47. The van der Waals surface area contributed by atoms with E-state index in [0.29, 0.717) is 22.3 Å². The van der Waals surface area contributed by atoms with Crippen molar-refractivity contribution in [3.63, 3.8) is 0 Å². The van der Waals surface area contributed by atoms with E-state index in [9.17, 15) is 14.7 Å². The quantitative estimate of drug-likeness (QED) is 0.705. The summed E-state index contributed by atoms with van der Waals surface area (Å²) < 4.78 is 1.76. The molecule has 0 saturated heterocycles. The lowest BCUT2D eigenvalue weighted by molar-refractivity contribution is -0.143. The van der Waals surface area contributed by atoms with Gasteiger partial charge in [-0.05, 0) is 46.2 Å². The van der Waals surface area contributed by atoms with Gasteiger partial charge in [-0.15, -0.1) is 0 Å². The normalized spacial score (nSPS) is 11.8. The number of carbonyl (C=O) groups excluding carboxylic acids is 1. The first-order valence-corrected chi connectivity index (χ1v) is 9.12. The summed E-state index contributed by atoms with van der Waals surface area (Å²) in [6, 6.07) is 9.55. The van der Waals surface area contributed by atoms with Gasteiger partial charge in [-0.25, -0.2) is 14.5 Å². The smallest absolute Gasteiger partial charge is 0.328 e. The lowest BCUT2D eigenvalue weighted by Gasteiger charge is -2.21. The molecule has 0 aliphatic carbocycles. The zero-order valence-electron chi connectivity index (χ0n) is 16.6. The zero-order valence-corrected chi connectivity index (χ0v) is 16.6. The molecule has 2 N–H and O–H groups in total. The number of carboxylic acid groups (broad SMARTS) is 1. The van der Waals surface area contributed by atoms with Gasteiger partial charge >= 0.3 is 5.97 Å². The van der Waals surface area contributed by atoms with Gasteiger partial charge in [0.25, 0.3) is 5.91 Å². The Morgan fingerprint density at radius 1 is 1.21 bits per heavy atom. The maximum absolute atomic E-state index is 13.0. The average molecular weight is 380 g/mol. The molecule has 0 unspecified atom stereocenters. The van der Waals surface area contributed by atoms with Gasteiger partial charge in [0.2, 0.25) is 0 Å². The van der Waals surface area contributed by atoms with Crippen LogP contribution in [0.3, 0.4) is 0 Å². The fourth-order valence-corrected chi connectivity index (χ4v) is 2.99. The number of rotatable bonds is 5. The molecule has 0 fully saturated rings. The Morgan fingerprint density at radius 2 is 1.89 bits per heavy atom. The first kappa shape index (κ1) is 19.5. The van der Waals surface area contributed by atoms with Crippen LogP contribution in [0.15, 0.2) is 36.5 Å². The monoisotopic (exact) mass is 380 g/mol. The van der Waals surface area contributed by atoms with E-state index >= 15 is 0 Å². The van der Waals surface area contributed by atoms with Crippen LogP contribution in [0.1, 0.15) is 49.7 Å². The highest BCUT2D eigenvalue weighted by Gasteiger charge is 2.30. The number of hydrogen-bond acceptors (Lipinski definition) is 4. The Labute approximate surface area is 163 Å². The number of pyridine rings is 1. The predicted octanol–water partition coefficient (Wildman–Crippen LogP) is 3.58. The number of carbonyl (C=O) groups is 2. The molecule has 3 aromatic rings. The van der Waals surface area contributed by atoms with Crippen LogP contribution >= 0.6 is 0 Å². The molecule has 0 atom stereocenters. The minimum atomic E-state index is -1.40. The van der Waals surface area contributed by atoms with Crippen LogP contribution < -0.4 is 5.32 Å². The number of amides is 1. The average Bonchev–Trinajstić information content (AvgIpc) is 3.04. The SMILES string of the molecule is Cc1ccccc1-c1cc(C(=O)NC(C)(C)C(=O)O)c2cnn(C(C)C)c2n1. The van der Waals surface area contributed by atoms with E-state index in [1.807, 2.05) is 45.0 Å². The van der Waals surface area contributed by atoms with Crippen molar-refractivity contribution < 1.29 is 14.7 Å². The maximum Gasteiger partial charge on any atom is 0.328 e. The second-order valence-corrected chi connectivity index (χ2v) is 7.67. The summed E-state index contributed by atoms with van der Waals surface area (Å²) in [6.45, 7) is 8.86. The van der Waals surface area contributed by atoms with Crippen LogP contribution in [-0.2, 0) is 4.79 Å². The summed E-state index contributed by atoms with van der Waals surface area (Å²) in [7, 11) is 0. The van der Waals surface area contributed by atoms with Crippen LogP contribution in [0, 0.1) is 6.92 Å². The van der Waals surface area contributed by atoms with E-state index in [4.69, 9.17) is 4.98 Å². The summed E-state index contributed by atoms with van der Waals surface area (Å²) in [5, 5.41) is 16.9. The molecule has 7 heteroatoms. The largest absolute Gasteiger partial charge is 0.480 e. The summed E-state index contributed by atoms with van der Waals surface area (Å²) >= 11 is 0. The molecule has 3 rings (SSSR count). The minimum Gasteiger partial charge on any atom is -0.480 e. The lowest BCUT2D eigenvalue weighted by atomic mass is 10.0. The van der Waals surface area contributed by atoms with Crippen molar-refractivity contribution in [3.05, 3.63) is 47.7 Å². The van der Waals surface area contributed by atoms with Gasteiger partial charge in [0.1, 0.15) is 5.54 Å². The number of nitrogens with one attached hydrogen (secondary N) is 1. The van der Waals surface area contributed by atoms with Crippen molar-refractivity contribution in [1.29, 1.82) is 0 Å². The van der Waals surface area contributed by atoms with Crippen molar-refractivity contribution in [2.45, 2.75) is 46.2 Å². The molecule has 2 heterocycles. The lowest BCUT2D eigenvalue weighted by Crippen LogP contribution is -2.49. The number of hydrogen-bond donors (Lipinski definition) is 2. The number of carboxylic acids is 1. The van der Waals surface area contributed by atoms with Crippen LogP contribution in [0.4, 0.5) is 0 Å². The number of aliphatic carboxylic acids is 1. The number of nitrogens with zero attached hydrogens (tertiary/aromatic N) is 3. The molecule has 0 aliphatic rings. The minimum absolute atomic E-state index is 0.0588. The second-order valence-electron chi connectivity index (χ2n) is 7.67. The van der Waals surface area contributed by atoms with E-state index in [0.717, 1.165) is 11.1 Å². The highest BCUT2D eigenvalue weighted by atomic mass is 16.4. The fraction of sp³-hybridized carbons (Fsp3) is 0.333.